The van der Waals surface area contributed by atoms with E-state index in [1.165, 1.54) is 12.8 Å². The molecule has 0 aliphatic heterocycles. The van der Waals surface area contributed by atoms with E-state index in [-0.39, 0.29) is 0 Å². The highest BCUT2D eigenvalue weighted by Crippen LogP contribution is 2.27. The Hall–Kier alpha value is -1.02. The summed E-state index contributed by atoms with van der Waals surface area (Å²) in [5, 5.41) is 9.74. The van der Waals surface area contributed by atoms with Crippen LogP contribution >= 0.6 is 0 Å². The van der Waals surface area contributed by atoms with Crippen LogP contribution in [-0.4, -0.2) is 18.2 Å². The van der Waals surface area contributed by atoms with E-state index >= 15 is 0 Å². The molecule has 0 aliphatic carbocycles. The van der Waals surface area contributed by atoms with Crippen molar-refractivity contribution in [3.8, 4) is 0 Å². The zero-order valence-electron chi connectivity index (χ0n) is 10.8. The van der Waals surface area contributed by atoms with Crippen molar-refractivity contribution in [3.63, 3.8) is 0 Å². The molecule has 0 saturated carbocycles. The molecule has 0 fully saturated rings. The number of para-hydroxylation sites is 1. The fraction of sp³-hybridized carbons (Fsp3) is 0.571. The van der Waals surface area contributed by atoms with Gasteiger partial charge in [0.2, 0.25) is 0 Å². The highest BCUT2D eigenvalue weighted by atomic mass is 16.3. The minimum absolute atomic E-state index is 0.410. The fourth-order valence-electron chi connectivity index (χ4n) is 2.01. The number of nitrogens with zero attached hydrogens (tertiary/aromatic N) is 1. The molecular weight excluding hydrogens is 198 g/mol. The molecule has 0 saturated heterocycles. The molecule has 1 aromatic carbocycles. The first kappa shape index (κ1) is 13.0. The Labute approximate surface area is 98.9 Å². The van der Waals surface area contributed by atoms with Gasteiger partial charge in [0.25, 0.3) is 0 Å². The molecule has 90 valence electrons. The molecule has 0 spiro atoms. The van der Waals surface area contributed by atoms with Crippen LogP contribution < -0.4 is 4.90 Å². The Morgan fingerprint density at radius 3 is 2.44 bits per heavy atom. The Balaban J connectivity index is 2.93. The summed E-state index contributed by atoms with van der Waals surface area (Å²) in [6, 6.07) is 8.58. The zero-order chi connectivity index (χ0) is 12.1. The van der Waals surface area contributed by atoms with E-state index in [2.05, 4.69) is 31.9 Å². The average molecular weight is 221 g/mol. The SMILES string of the molecule is CCCC(C)N(C)c1ccccc1[C@@H](C)O. The van der Waals surface area contributed by atoms with E-state index in [9.17, 15) is 5.11 Å². The van der Waals surface area contributed by atoms with E-state index in [1.54, 1.807) is 0 Å². The maximum absolute atomic E-state index is 9.74. The highest BCUT2D eigenvalue weighted by molar-refractivity contribution is 5.54. The van der Waals surface area contributed by atoms with Crippen molar-refractivity contribution in [2.75, 3.05) is 11.9 Å². The predicted molar refractivity (Wildman–Crippen MR) is 69.8 cm³/mol. The summed E-state index contributed by atoms with van der Waals surface area (Å²) in [4.78, 5) is 2.26. The lowest BCUT2D eigenvalue weighted by Crippen LogP contribution is -2.29. The summed E-state index contributed by atoms with van der Waals surface area (Å²) in [5.74, 6) is 0. The molecule has 1 N–H and O–H groups in total. The first-order valence-electron chi connectivity index (χ1n) is 6.07. The third-order valence-electron chi connectivity index (χ3n) is 3.13. The van der Waals surface area contributed by atoms with Gasteiger partial charge in [-0.2, -0.15) is 0 Å². The minimum Gasteiger partial charge on any atom is -0.389 e. The monoisotopic (exact) mass is 221 g/mol. The second-order valence-corrected chi connectivity index (χ2v) is 4.48. The maximum atomic E-state index is 9.74. The summed E-state index contributed by atoms with van der Waals surface area (Å²) in [6.07, 6.45) is 1.94. The molecule has 0 aliphatic rings. The molecule has 1 aromatic rings. The van der Waals surface area contributed by atoms with Crippen molar-refractivity contribution >= 4 is 5.69 Å². The van der Waals surface area contributed by atoms with Crippen LogP contribution in [0.2, 0.25) is 0 Å². The molecule has 0 amide bonds. The van der Waals surface area contributed by atoms with E-state index in [4.69, 9.17) is 0 Å². The third-order valence-corrected chi connectivity index (χ3v) is 3.13. The van der Waals surface area contributed by atoms with Crippen molar-refractivity contribution in [3.05, 3.63) is 29.8 Å². The van der Waals surface area contributed by atoms with Gasteiger partial charge in [0.15, 0.2) is 0 Å². The van der Waals surface area contributed by atoms with Gasteiger partial charge in [0.1, 0.15) is 0 Å². The minimum atomic E-state index is -0.410. The highest BCUT2D eigenvalue weighted by Gasteiger charge is 2.14. The second kappa shape index (κ2) is 5.90. The van der Waals surface area contributed by atoms with Gasteiger partial charge in [-0.15, -0.1) is 0 Å². The van der Waals surface area contributed by atoms with Crippen LogP contribution in [0.4, 0.5) is 5.69 Å². The van der Waals surface area contributed by atoms with E-state index < -0.39 is 6.10 Å². The van der Waals surface area contributed by atoms with Crippen molar-refractivity contribution in [2.24, 2.45) is 0 Å². The average Bonchev–Trinajstić information content (AvgIpc) is 2.28. The van der Waals surface area contributed by atoms with Gasteiger partial charge in [-0.1, -0.05) is 31.5 Å². The number of aliphatic hydroxyl groups is 1. The maximum Gasteiger partial charge on any atom is 0.0781 e. The molecule has 1 unspecified atom stereocenters. The van der Waals surface area contributed by atoms with Crippen molar-refractivity contribution in [2.45, 2.75) is 45.8 Å². The van der Waals surface area contributed by atoms with Gasteiger partial charge in [-0.05, 0) is 26.3 Å². The van der Waals surface area contributed by atoms with Crippen LogP contribution in [0.25, 0.3) is 0 Å². The van der Waals surface area contributed by atoms with E-state index in [0.717, 1.165) is 11.3 Å². The normalized spacial score (nSPS) is 14.6. The van der Waals surface area contributed by atoms with Gasteiger partial charge in [-0.25, -0.2) is 0 Å². The smallest absolute Gasteiger partial charge is 0.0781 e. The topological polar surface area (TPSA) is 23.5 Å². The largest absolute Gasteiger partial charge is 0.389 e. The molecular formula is C14H23NO. The van der Waals surface area contributed by atoms with Crippen LogP contribution in [0, 0.1) is 0 Å². The third kappa shape index (κ3) is 2.99. The number of aliphatic hydroxyl groups excluding tert-OH is 1. The van der Waals surface area contributed by atoms with Crippen LogP contribution in [-0.2, 0) is 0 Å². The molecule has 0 heterocycles. The fourth-order valence-corrected chi connectivity index (χ4v) is 2.01. The number of hydrogen-bond acceptors (Lipinski definition) is 2. The first-order chi connectivity index (χ1) is 7.57. The lowest BCUT2D eigenvalue weighted by atomic mass is 10.1. The van der Waals surface area contributed by atoms with Crippen molar-refractivity contribution in [1.29, 1.82) is 0 Å². The summed E-state index contributed by atoms with van der Waals surface area (Å²) in [7, 11) is 2.10. The van der Waals surface area contributed by atoms with Gasteiger partial charge in [0.05, 0.1) is 6.10 Å². The Morgan fingerprint density at radius 2 is 1.88 bits per heavy atom. The predicted octanol–water partition coefficient (Wildman–Crippen LogP) is 3.36. The van der Waals surface area contributed by atoms with Gasteiger partial charge in [-0.3, -0.25) is 0 Å². The summed E-state index contributed by atoms with van der Waals surface area (Å²) in [6.45, 7) is 6.24. The quantitative estimate of drug-likeness (QED) is 0.824. The Kier molecular flexibility index (Phi) is 4.81. The van der Waals surface area contributed by atoms with Crippen molar-refractivity contribution in [1.82, 2.24) is 0 Å². The van der Waals surface area contributed by atoms with Crippen molar-refractivity contribution < 1.29 is 5.11 Å². The molecule has 2 heteroatoms. The summed E-state index contributed by atoms with van der Waals surface area (Å²) in [5.41, 5.74) is 2.14. The van der Waals surface area contributed by atoms with Gasteiger partial charge >= 0.3 is 0 Å². The lowest BCUT2D eigenvalue weighted by Gasteiger charge is -2.29. The summed E-state index contributed by atoms with van der Waals surface area (Å²) < 4.78 is 0. The van der Waals surface area contributed by atoms with Crippen LogP contribution in [0.3, 0.4) is 0 Å². The molecule has 0 bridgehead atoms. The molecule has 2 atom stereocenters. The standard InChI is InChI=1S/C14H23NO/c1-5-8-11(2)15(4)14-10-7-6-9-13(14)12(3)16/h6-7,9-12,16H,5,8H2,1-4H3/t11?,12-/m1/s1. The second-order valence-electron chi connectivity index (χ2n) is 4.48. The molecule has 0 aromatic heterocycles. The number of rotatable bonds is 5. The Bertz CT molecular complexity index is 322. The molecule has 2 nitrogen and oxygen atoms in total. The molecule has 16 heavy (non-hydrogen) atoms. The number of anilines is 1. The number of hydrogen-bond donors (Lipinski definition) is 1. The van der Waals surface area contributed by atoms with Crippen LogP contribution in [0.15, 0.2) is 24.3 Å². The van der Waals surface area contributed by atoms with Gasteiger partial charge in [0, 0.05) is 24.3 Å². The molecule has 0 radical (unpaired) electrons. The zero-order valence-corrected chi connectivity index (χ0v) is 10.8. The van der Waals surface area contributed by atoms with E-state index in [1.807, 2.05) is 25.1 Å². The van der Waals surface area contributed by atoms with Crippen LogP contribution in [0.1, 0.15) is 45.3 Å². The van der Waals surface area contributed by atoms with Gasteiger partial charge < -0.3 is 10.0 Å². The summed E-state index contributed by atoms with van der Waals surface area (Å²) >= 11 is 0. The Morgan fingerprint density at radius 1 is 1.25 bits per heavy atom. The first-order valence-corrected chi connectivity index (χ1v) is 6.07. The lowest BCUT2D eigenvalue weighted by molar-refractivity contribution is 0.199. The van der Waals surface area contributed by atoms with E-state index in [0.29, 0.717) is 6.04 Å². The van der Waals surface area contributed by atoms with Crippen LogP contribution in [0.5, 0.6) is 0 Å². The number of benzene rings is 1. The molecule has 1 rings (SSSR count).